The maximum atomic E-state index is 2.36. The van der Waals surface area contributed by atoms with E-state index in [1.807, 2.05) is 0 Å². The fourth-order valence-corrected chi connectivity index (χ4v) is 4.18. The molecule has 0 spiro atoms. The normalized spacial score (nSPS) is 11.1. The summed E-state index contributed by atoms with van der Waals surface area (Å²) >= 11 is 0. The minimum Gasteiger partial charge on any atom is -0.131 e. The molecular weight excluding hydrogens is 388 g/mol. The summed E-state index contributed by atoms with van der Waals surface area (Å²) in [6, 6.07) is 30.9. The van der Waals surface area contributed by atoms with E-state index in [4.69, 9.17) is 0 Å². The zero-order chi connectivity index (χ0) is 22.8. The van der Waals surface area contributed by atoms with Crippen molar-refractivity contribution < 1.29 is 0 Å². The topological polar surface area (TPSA) is 9.14 Å². The number of hydrogen-bond donors (Lipinski definition) is 0. The molecule has 0 saturated heterocycles. The van der Waals surface area contributed by atoms with Crippen LogP contribution in [-0.4, -0.2) is 0 Å². The Morgan fingerprint density at radius 1 is 0.438 bits per heavy atom. The van der Waals surface area contributed by atoms with Gasteiger partial charge in [0, 0.05) is 29.3 Å². The van der Waals surface area contributed by atoms with Crippen LogP contribution >= 0.6 is 0 Å². The fourth-order valence-electron chi connectivity index (χ4n) is 4.18. The monoisotopic (exact) mass is 420 g/mol. The zero-order valence-electron chi connectivity index (χ0n) is 20.0. The second kappa shape index (κ2) is 9.02. The van der Waals surface area contributed by atoms with Crippen LogP contribution < -0.4 is 10.0 Å². The predicted molar refractivity (Wildman–Crippen MR) is 138 cm³/mol. The lowest BCUT2D eigenvalue weighted by Gasteiger charge is -2.28. The zero-order valence-corrected chi connectivity index (χ0v) is 20.0. The highest BCUT2D eigenvalue weighted by Gasteiger charge is 2.35. The molecule has 4 aromatic carbocycles. The average Bonchev–Trinajstić information content (AvgIpc) is 2.75. The van der Waals surface area contributed by atoms with Gasteiger partial charge in [0.15, 0.2) is 0 Å². The van der Waals surface area contributed by atoms with Gasteiger partial charge in [0.05, 0.1) is 0 Å². The maximum absolute atomic E-state index is 2.36. The summed E-state index contributed by atoms with van der Waals surface area (Å²) in [5.74, 6) is 0. The van der Waals surface area contributed by atoms with Crippen molar-refractivity contribution in [1.82, 2.24) is 5.01 Å². The Morgan fingerprint density at radius 2 is 0.781 bits per heavy atom. The van der Waals surface area contributed by atoms with Crippen LogP contribution in [0.5, 0.6) is 0 Å². The molecule has 0 fully saturated rings. The van der Waals surface area contributed by atoms with Gasteiger partial charge in [0.25, 0.3) is 0 Å². The number of aryl methyl sites for hydroxylation is 6. The molecule has 2 heteroatoms. The second-order valence-corrected chi connectivity index (χ2v) is 8.87. The second-order valence-electron chi connectivity index (χ2n) is 8.87. The third kappa shape index (κ3) is 4.46. The van der Waals surface area contributed by atoms with Crippen molar-refractivity contribution in [3.05, 3.63) is 118 Å². The predicted octanol–water partition coefficient (Wildman–Crippen LogP) is 8.39. The van der Waals surface area contributed by atoms with Crippen molar-refractivity contribution in [2.24, 2.45) is 0 Å². The highest BCUT2D eigenvalue weighted by atomic mass is 15.6. The molecule has 0 unspecified atom stereocenters. The molecule has 0 aliphatic carbocycles. The molecule has 0 bridgehead atoms. The molecule has 1 radical (unpaired) electrons. The van der Waals surface area contributed by atoms with E-state index in [0.717, 1.165) is 11.4 Å². The van der Waals surface area contributed by atoms with Crippen LogP contribution in [0, 0.1) is 41.5 Å². The van der Waals surface area contributed by atoms with Crippen molar-refractivity contribution in [2.75, 3.05) is 5.01 Å². The Labute approximate surface area is 192 Å². The van der Waals surface area contributed by atoms with Gasteiger partial charge in [0.1, 0.15) is 11.4 Å². The van der Waals surface area contributed by atoms with E-state index < -0.39 is 0 Å². The molecule has 0 aliphatic heterocycles. The minimum absolute atomic E-state index is 1.12. The quantitative estimate of drug-likeness (QED) is 0.233. The smallest absolute Gasteiger partial charge is 0.131 e. The number of nitrogens with zero attached hydrogens (tertiary/aromatic N) is 2. The third-order valence-electron chi connectivity index (χ3n) is 5.92. The van der Waals surface area contributed by atoms with Crippen molar-refractivity contribution in [2.45, 2.75) is 41.5 Å². The molecule has 32 heavy (non-hydrogen) atoms. The Hall–Kier alpha value is -3.36. The van der Waals surface area contributed by atoms with Gasteiger partial charge in [-0.15, -0.1) is 5.01 Å². The van der Waals surface area contributed by atoms with Crippen LogP contribution in [0.3, 0.4) is 0 Å². The van der Waals surface area contributed by atoms with E-state index in [1.165, 1.54) is 44.8 Å². The van der Waals surface area contributed by atoms with E-state index in [2.05, 4.69) is 136 Å². The molecule has 4 rings (SSSR count). The molecule has 4 aromatic rings. The molecule has 0 aliphatic rings. The molecule has 0 heterocycles. The SMILES string of the molecule is Cc1ccc([N+](c2ccc(C)cc2)N(c2ccc(C)cc2C)c2ccc(C)cc2C)cc1. The summed E-state index contributed by atoms with van der Waals surface area (Å²) in [5.41, 5.74) is 12.1. The lowest BCUT2D eigenvalue weighted by molar-refractivity contribution is 0.700. The highest BCUT2D eigenvalue weighted by molar-refractivity contribution is 5.74. The van der Waals surface area contributed by atoms with E-state index >= 15 is 0 Å². The molecule has 161 valence electrons. The van der Waals surface area contributed by atoms with E-state index in [-0.39, 0.29) is 0 Å². The standard InChI is InChI=1S/C30H32N2/c1-21-7-13-27(14-8-21)31(28-15-9-22(2)10-16-28)32(29-17-11-23(3)19-25(29)5)30-18-12-24(4)20-26(30)6/h7-20H,1-6H3/q+1. The van der Waals surface area contributed by atoms with Gasteiger partial charge in [-0.1, -0.05) is 70.8 Å². The Bertz CT molecular complexity index is 1120. The Kier molecular flexibility index (Phi) is 6.16. The molecular formula is C30H32N2+. The summed E-state index contributed by atoms with van der Waals surface area (Å²) in [7, 11) is 0. The van der Waals surface area contributed by atoms with Gasteiger partial charge in [-0.25, -0.2) is 0 Å². The minimum atomic E-state index is 1.12. The third-order valence-corrected chi connectivity index (χ3v) is 5.92. The van der Waals surface area contributed by atoms with E-state index in [1.54, 1.807) is 0 Å². The molecule has 0 atom stereocenters. The summed E-state index contributed by atoms with van der Waals surface area (Å²) in [6.07, 6.45) is 0. The largest absolute Gasteiger partial charge is 0.216 e. The van der Waals surface area contributed by atoms with Crippen LogP contribution in [0.2, 0.25) is 0 Å². The summed E-state index contributed by atoms with van der Waals surface area (Å²) < 4.78 is 0. The van der Waals surface area contributed by atoms with Crippen molar-refractivity contribution in [3.8, 4) is 0 Å². The maximum Gasteiger partial charge on any atom is 0.216 e. The number of benzene rings is 4. The van der Waals surface area contributed by atoms with Crippen molar-refractivity contribution in [3.63, 3.8) is 0 Å². The first-order valence-electron chi connectivity index (χ1n) is 11.2. The molecule has 2 nitrogen and oxygen atoms in total. The average molecular weight is 421 g/mol. The first kappa shape index (κ1) is 21.9. The number of hydrogen-bond acceptors (Lipinski definition) is 2. The van der Waals surface area contributed by atoms with Crippen LogP contribution in [-0.2, 0) is 0 Å². The molecule has 0 aromatic heterocycles. The van der Waals surface area contributed by atoms with Crippen molar-refractivity contribution >= 4 is 22.7 Å². The van der Waals surface area contributed by atoms with Crippen LogP contribution in [0.25, 0.3) is 0 Å². The van der Waals surface area contributed by atoms with Gasteiger partial charge in [-0.3, -0.25) is 0 Å². The summed E-state index contributed by atoms with van der Waals surface area (Å²) in [5, 5.41) is 4.69. The molecule has 0 saturated carbocycles. The van der Waals surface area contributed by atoms with Crippen molar-refractivity contribution in [1.29, 1.82) is 0 Å². The Balaban J connectivity index is 2.01. The van der Waals surface area contributed by atoms with Gasteiger partial charge >= 0.3 is 0 Å². The molecule has 0 amide bonds. The highest BCUT2D eigenvalue weighted by Crippen LogP contribution is 2.39. The number of anilines is 4. The molecule has 0 N–H and O–H groups in total. The lowest BCUT2D eigenvalue weighted by Crippen LogP contribution is -2.38. The number of hydrazine groups is 1. The lowest BCUT2D eigenvalue weighted by atomic mass is 10.1. The first-order chi connectivity index (χ1) is 15.3. The van der Waals surface area contributed by atoms with Crippen LogP contribution in [0.15, 0.2) is 84.9 Å². The van der Waals surface area contributed by atoms with Crippen LogP contribution in [0.1, 0.15) is 33.4 Å². The number of rotatable bonds is 5. The van der Waals surface area contributed by atoms with Gasteiger partial charge in [-0.05, 0) is 64.8 Å². The van der Waals surface area contributed by atoms with Gasteiger partial charge in [0.2, 0.25) is 11.4 Å². The fraction of sp³-hybridized carbons (Fsp3) is 0.200. The van der Waals surface area contributed by atoms with E-state index in [0.29, 0.717) is 0 Å². The Morgan fingerprint density at radius 3 is 1.12 bits per heavy atom. The van der Waals surface area contributed by atoms with Gasteiger partial charge in [-0.2, -0.15) is 0 Å². The van der Waals surface area contributed by atoms with Crippen LogP contribution in [0.4, 0.5) is 22.7 Å². The first-order valence-corrected chi connectivity index (χ1v) is 11.2. The van der Waals surface area contributed by atoms with E-state index in [9.17, 15) is 0 Å². The summed E-state index contributed by atoms with van der Waals surface area (Å²) in [4.78, 5) is 0. The van der Waals surface area contributed by atoms with Gasteiger partial charge < -0.3 is 0 Å². The summed E-state index contributed by atoms with van der Waals surface area (Å²) in [6.45, 7) is 13.0.